The second kappa shape index (κ2) is 10.2. The molecular formula is C23H29N3O5. The first-order chi connectivity index (χ1) is 15.0. The third kappa shape index (κ3) is 5.13. The summed E-state index contributed by atoms with van der Waals surface area (Å²) in [4.78, 5) is 33.5. The number of anilines is 1. The van der Waals surface area contributed by atoms with Gasteiger partial charge in [0.2, 0.25) is 17.6 Å². The Morgan fingerprint density at radius 1 is 1.10 bits per heavy atom. The number of methoxy groups -OCH3 is 3. The fourth-order valence-corrected chi connectivity index (χ4v) is 3.80. The van der Waals surface area contributed by atoms with Crippen molar-refractivity contribution in [3.63, 3.8) is 0 Å². The lowest BCUT2D eigenvalue weighted by Crippen LogP contribution is -2.22. The summed E-state index contributed by atoms with van der Waals surface area (Å²) < 4.78 is 16.3. The molecule has 0 spiro atoms. The minimum absolute atomic E-state index is 0.0270. The summed E-state index contributed by atoms with van der Waals surface area (Å²) in [5.41, 5.74) is 2.04. The second-order valence-electron chi connectivity index (χ2n) is 7.55. The smallest absolute Gasteiger partial charge is 0.229 e. The molecule has 2 aromatic rings. The quantitative estimate of drug-likeness (QED) is 0.605. The fraction of sp³-hybridized carbons (Fsp3) is 0.478. The van der Waals surface area contributed by atoms with Crippen LogP contribution in [0.3, 0.4) is 0 Å². The predicted molar refractivity (Wildman–Crippen MR) is 116 cm³/mol. The highest BCUT2D eigenvalue weighted by Gasteiger charge is 2.30. The minimum Gasteiger partial charge on any atom is -0.493 e. The van der Waals surface area contributed by atoms with Crippen LogP contribution in [0.25, 0.3) is 0 Å². The molecular weight excluding hydrogens is 398 g/mol. The molecule has 0 saturated carbocycles. The number of amides is 1. The Labute approximate surface area is 182 Å². The topological polar surface area (TPSA) is 99.6 Å². The summed E-state index contributed by atoms with van der Waals surface area (Å²) in [5, 5.41) is 2.74. The molecule has 0 fully saturated rings. The van der Waals surface area contributed by atoms with Crippen LogP contribution in [0.4, 0.5) is 5.95 Å². The van der Waals surface area contributed by atoms with E-state index in [1.807, 2.05) is 12.1 Å². The van der Waals surface area contributed by atoms with Gasteiger partial charge in [0.25, 0.3) is 0 Å². The summed E-state index contributed by atoms with van der Waals surface area (Å²) in [6.45, 7) is 2.09. The highest BCUT2D eigenvalue weighted by Crippen LogP contribution is 2.42. The van der Waals surface area contributed by atoms with E-state index in [1.165, 1.54) is 6.20 Å². The maximum absolute atomic E-state index is 12.8. The Morgan fingerprint density at radius 3 is 2.42 bits per heavy atom. The number of Topliss-reactive ketones (excluding diaryl/α,β-unsaturated/α-hetero) is 1. The number of hydrogen-bond acceptors (Lipinski definition) is 7. The first kappa shape index (κ1) is 22.5. The number of nitrogens with zero attached hydrogens (tertiary/aromatic N) is 2. The van der Waals surface area contributed by atoms with E-state index in [2.05, 4.69) is 22.2 Å². The van der Waals surface area contributed by atoms with Crippen LogP contribution in [0.15, 0.2) is 18.3 Å². The van der Waals surface area contributed by atoms with Crippen molar-refractivity contribution in [3.05, 3.63) is 35.2 Å². The van der Waals surface area contributed by atoms with Crippen molar-refractivity contribution in [2.45, 2.75) is 51.4 Å². The summed E-state index contributed by atoms with van der Waals surface area (Å²) in [6.07, 6.45) is 5.70. The normalized spacial score (nSPS) is 15.2. The van der Waals surface area contributed by atoms with Crippen LogP contribution in [-0.2, 0) is 11.2 Å². The molecule has 3 rings (SSSR count). The highest BCUT2D eigenvalue weighted by atomic mass is 16.5. The Morgan fingerprint density at radius 2 is 1.81 bits per heavy atom. The third-order valence-electron chi connectivity index (χ3n) is 5.46. The molecule has 1 amide bonds. The van der Waals surface area contributed by atoms with Gasteiger partial charge in [0.1, 0.15) is 0 Å². The van der Waals surface area contributed by atoms with Crippen molar-refractivity contribution in [3.8, 4) is 17.2 Å². The molecule has 0 aliphatic heterocycles. The summed E-state index contributed by atoms with van der Waals surface area (Å²) in [5.74, 6) is 1.58. The minimum atomic E-state index is -0.114. The van der Waals surface area contributed by atoms with Crippen LogP contribution in [0, 0.1) is 0 Å². The maximum atomic E-state index is 12.8. The summed E-state index contributed by atoms with van der Waals surface area (Å²) >= 11 is 0. The largest absolute Gasteiger partial charge is 0.493 e. The number of unbranched alkanes of at least 4 members (excludes halogenated alkanes) is 2. The van der Waals surface area contributed by atoms with Gasteiger partial charge in [-0.05, 0) is 36.5 Å². The molecule has 1 aliphatic carbocycles. The Hall–Kier alpha value is -3.16. The van der Waals surface area contributed by atoms with E-state index >= 15 is 0 Å². The molecule has 1 heterocycles. The van der Waals surface area contributed by atoms with Gasteiger partial charge in [-0.3, -0.25) is 14.9 Å². The van der Waals surface area contributed by atoms with Crippen molar-refractivity contribution in [1.82, 2.24) is 9.97 Å². The highest BCUT2D eigenvalue weighted by molar-refractivity contribution is 5.99. The van der Waals surface area contributed by atoms with Crippen LogP contribution in [-0.4, -0.2) is 43.0 Å². The molecule has 1 aromatic heterocycles. The monoisotopic (exact) mass is 427 g/mol. The number of fused-ring (bicyclic) bond motifs is 1. The Balaban J connectivity index is 1.83. The lowest BCUT2D eigenvalue weighted by Gasteiger charge is -2.24. The van der Waals surface area contributed by atoms with Gasteiger partial charge in [0.15, 0.2) is 17.3 Å². The van der Waals surface area contributed by atoms with Crippen LogP contribution in [0.2, 0.25) is 0 Å². The van der Waals surface area contributed by atoms with E-state index in [0.29, 0.717) is 47.8 Å². The number of benzene rings is 1. The summed E-state index contributed by atoms with van der Waals surface area (Å²) in [6, 6.07) is 3.73. The molecule has 0 radical (unpaired) electrons. The van der Waals surface area contributed by atoms with Crippen molar-refractivity contribution < 1.29 is 23.8 Å². The molecule has 1 atom stereocenters. The van der Waals surface area contributed by atoms with Gasteiger partial charge in [-0.15, -0.1) is 0 Å². The number of hydrogen-bond donors (Lipinski definition) is 1. The third-order valence-corrected chi connectivity index (χ3v) is 5.46. The van der Waals surface area contributed by atoms with Gasteiger partial charge < -0.3 is 14.2 Å². The van der Waals surface area contributed by atoms with E-state index in [0.717, 1.165) is 24.8 Å². The molecule has 8 heteroatoms. The van der Waals surface area contributed by atoms with Crippen molar-refractivity contribution in [1.29, 1.82) is 0 Å². The van der Waals surface area contributed by atoms with Crippen molar-refractivity contribution in [2.75, 3.05) is 26.6 Å². The molecule has 0 bridgehead atoms. The SMILES string of the molecule is CCCCCC(=O)Nc1ncc2c(n1)C[C@H](c1cc(OC)c(OC)c(OC)c1)CC2=O. The molecule has 1 aliphatic rings. The predicted octanol–water partition coefficient (Wildman–Crippen LogP) is 3.93. The van der Waals surface area contributed by atoms with Gasteiger partial charge in [-0.25, -0.2) is 9.97 Å². The summed E-state index contributed by atoms with van der Waals surface area (Å²) in [7, 11) is 4.67. The van der Waals surface area contributed by atoms with Gasteiger partial charge in [0.05, 0.1) is 32.6 Å². The molecule has 31 heavy (non-hydrogen) atoms. The molecule has 1 aromatic carbocycles. The zero-order valence-electron chi connectivity index (χ0n) is 18.5. The number of carbonyl (C=O) groups is 2. The Bertz CT molecular complexity index is 935. The van der Waals surface area contributed by atoms with Gasteiger partial charge >= 0.3 is 0 Å². The van der Waals surface area contributed by atoms with E-state index in [4.69, 9.17) is 14.2 Å². The standard InChI is InChI=1S/C23H29N3O5/c1-5-6-7-8-21(28)26-23-24-13-16-17(25-23)9-14(10-18(16)27)15-11-19(29-2)22(31-4)20(12-15)30-3/h11-14H,5-10H2,1-4H3,(H,24,25,26,28)/t14-/m0/s1. The van der Waals surface area contributed by atoms with Crippen LogP contribution >= 0.6 is 0 Å². The van der Waals surface area contributed by atoms with E-state index in [9.17, 15) is 9.59 Å². The molecule has 0 unspecified atom stereocenters. The zero-order chi connectivity index (χ0) is 22.4. The average molecular weight is 428 g/mol. The molecule has 166 valence electrons. The number of aromatic nitrogens is 2. The number of ether oxygens (including phenoxy) is 3. The van der Waals surface area contributed by atoms with E-state index < -0.39 is 0 Å². The van der Waals surface area contributed by atoms with Crippen LogP contribution in [0.5, 0.6) is 17.2 Å². The molecule has 0 saturated heterocycles. The number of nitrogens with one attached hydrogen (secondary N) is 1. The lowest BCUT2D eigenvalue weighted by molar-refractivity contribution is -0.116. The van der Waals surface area contributed by atoms with E-state index in [-0.39, 0.29) is 23.6 Å². The lowest BCUT2D eigenvalue weighted by atomic mass is 9.82. The number of rotatable bonds is 9. The van der Waals surface area contributed by atoms with Crippen molar-refractivity contribution in [2.24, 2.45) is 0 Å². The average Bonchev–Trinajstić information content (AvgIpc) is 2.77. The Kier molecular flexibility index (Phi) is 7.44. The first-order valence-corrected chi connectivity index (χ1v) is 10.5. The first-order valence-electron chi connectivity index (χ1n) is 10.5. The van der Waals surface area contributed by atoms with Crippen LogP contribution in [0.1, 0.15) is 66.6 Å². The molecule has 1 N–H and O–H groups in total. The zero-order valence-corrected chi connectivity index (χ0v) is 18.5. The fourth-order valence-electron chi connectivity index (χ4n) is 3.80. The van der Waals surface area contributed by atoms with Gasteiger partial charge in [-0.2, -0.15) is 0 Å². The van der Waals surface area contributed by atoms with Gasteiger partial charge in [-0.1, -0.05) is 19.8 Å². The maximum Gasteiger partial charge on any atom is 0.229 e. The second-order valence-corrected chi connectivity index (χ2v) is 7.55. The molecule has 8 nitrogen and oxygen atoms in total. The van der Waals surface area contributed by atoms with Crippen molar-refractivity contribution >= 4 is 17.6 Å². The number of ketones is 1. The van der Waals surface area contributed by atoms with Gasteiger partial charge in [0, 0.05) is 19.0 Å². The van der Waals surface area contributed by atoms with Crippen LogP contribution < -0.4 is 19.5 Å². The number of carbonyl (C=O) groups excluding carboxylic acids is 2. The van der Waals surface area contributed by atoms with E-state index in [1.54, 1.807) is 21.3 Å².